The molecule has 0 radical (unpaired) electrons. The Morgan fingerprint density at radius 1 is 0.903 bits per heavy atom. The molecule has 1 aliphatic heterocycles. The third kappa shape index (κ3) is 3.50. The van der Waals surface area contributed by atoms with Crippen molar-refractivity contribution >= 4 is 23.1 Å². The van der Waals surface area contributed by atoms with Crippen molar-refractivity contribution in [2.45, 2.75) is 19.9 Å². The first kappa shape index (κ1) is 20.5. The molecule has 6 heteroatoms. The van der Waals surface area contributed by atoms with Crippen molar-refractivity contribution in [3.05, 3.63) is 106 Å². The normalized spacial score (nSPS) is 17.9. The number of rotatable bonds is 3. The molecular formula is C25H19F2NO3. The maximum absolute atomic E-state index is 13.9. The second-order valence-corrected chi connectivity index (χ2v) is 7.47. The number of Topliss-reactive ketones (excluding diaryl/α,β-unsaturated/α-hetero) is 1. The molecule has 1 aliphatic rings. The average Bonchev–Trinajstić information content (AvgIpc) is 3.00. The van der Waals surface area contributed by atoms with Crippen molar-refractivity contribution in [2.24, 2.45) is 0 Å². The number of aliphatic hydroxyl groups is 1. The lowest BCUT2D eigenvalue weighted by atomic mass is 9.92. The first-order chi connectivity index (χ1) is 14.8. The molecule has 0 aliphatic carbocycles. The van der Waals surface area contributed by atoms with Gasteiger partial charge in [-0.15, -0.1) is 0 Å². The monoisotopic (exact) mass is 419 g/mol. The number of carbonyl (C=O) groups excluding carboxylic acids is 2. The molecule has 4 rings (SSSR count). The third-order valence-electron chi connectivity index (χ3n) is 5.45. The number of benzene rings is 3. The number of nitrogens with zero attached hydrogens (tertiary/aromatic N) is 1. The molecule has 0 aromatic heterocycles. The van der Waals surface area contributed by atoms with Gasteiger partial charge in [0.1, 0.15) is 17.4 Å². The van der Waals surface area contributed by atoms with E-state index in [9.17, 15) is 23.5 Å². The van der Waals surface area contributed by atoms with Gasteiger partial charge in [-0.3, -0.25) is 14.5 Å². The van der Waals surface area contributed by atoms with Crippen molar-refractivity contribution in [1.82, 2.24) is 0 Å². The molecule has 1 heterocycles. The van der Waals surface area contributed by atoms with Gasteiger partial charge in [-0.1, -0.05) is 30.3 Å². The predicted molar refractivity (Wildman–Crippen MR) is 113 cm³/mol. The summed E-state index contributed by atoms with van der Waals surface area (Å²) >= 11 is 0. The lowest BCUT2D eigenvalue weighted by Gasteiger charge is -2.26. The number of ketones is 1. The van der Waals surface area contributed by atoms with E-state index in [1.54, 1.807) is 12.1 Å². The standard InChI is InChI=1S/C25H19F2NO3/c1-14-6-3-4-9-19(14)22-21(23(29)16-10-11-20(27)15(2)12-16)24(30)25(31)28(22)18-8-5-7-17(26)13-18/h3-13,22,29H,1-2H3/b23-21+. The largest absolute Gasteiger partial charge is 0.507 e. The number of amides is 1. The number of anilines is 1. The van der Waals surface area contributed by atoms with Crippen LogP contribution in [0.4, 0.5) is 14.5 Å². The molecule has 0 saturated carbocycles. The molecule has 0 spiro atoms. The van der Waals surface area contributed by atoms with Crippen LogP contribution in [0.25, 0.3) is 5.76 Å². The molecule has 31 heavy (non-hydrogen) atoms. The zero-order chi connectivity index (χ0) is 22.3. The first-order valence-corrected chi connectivity index (χ1v) is 9.68. The summed E-state index contributed by atoms with van der Waals surface area (Å²) in [6, 6.07) is 15.5. The van der Waals surface area contributed by atoms with Gasteiger partial charge in [0, 0.05) is 11.3 Å². The van der Waals surface area contributed by atoms with E-state index in [1.165, 1.54) is 54.3 Å². The van der Waals surface area contributed by atoms with Crippen LogP contribution in [0.15, 0.2) is 72.3 Å². The van der Waals surface area contributed by atoms with Crippen molar-refractivity contribution in [3.8, 4) is 0 Å². The van der Waals surface area contributed by atoms with E-state index in [4.69, 9.17) is 0 Å². The molecule has 1 atom stereocenters. The summed E-state index contributed by atoms with van der Waals surface area (Å²) in [7, 11) is 0. The fourth-order valence-electron chi connectivity index (χ4n) is 3.86. The van der Waals surface area contributed by atoms with Gasteiger partial charge < -0.3 is 5.11 Å². The highest BCUT2D eigenvalue weighted by atomic mass is 19.1. The molecule has 1 unspecified atom stereocenters. The minimum atomic E-state index is -0.964. The topological polar surface area (TPSA) is 57.6 Å². The van der Waals surface area contributed by atoms with Crippen LogP contribution in [-0.4, -0.2) is 16.8 Å². The number of carbonyl (C=O) groups is 2. The SMILES string of the molecule is Cc1cc(/C(O)=C2\C(=O)C(=O)N(c3cccc(F)c3)C2c2ccccc2C)ccc1F. The van der Waals surface area contributed by atoms with Gasteiger partial charge in [-0.2, -0.15) is 0 Å². The van der Waals surface area contributed by atoms with Crippen LogP contribution in [0.3, 0.4) is 0 Å². The minimum Gasteiger partial charge on any atom is -0.507 e. The lowest BCUT2D eigenvalue weighted by molar-refractivity contribution is -0.132. The summed E-state index contributed by atoms with van der Waals surface area (Å²) in [6.07, 6.45) is 0. The molecular weight excluding hydrogens is 400 g/mol. The van der Waals surface area contributed by atoms with Gasteiger partial charge >= 0.3 is 0 Å². The minimum absolute atomic E-state index is 0.130. The summed E-state index contributed by atoms with van der Waals surface area (Å²) in [6.45, 7) is 3.36. The van der Waals surface area contributed by atoms with Gasteiger partial charge in [-0.05, 0) is 66.9 Å². The summed E-state index contributed by atoms with van der Waals surface area (Å²) < 4.78 is 27.7. The van der Waals surface area contributed by atoms with E-state index in [2.05, 4.69) is 0 Å². The van der Waals surface area contributed by atoms with Gasteiger partial charge in [0.25, 0.3) is 11.7 Å². The quantitative estimate of drug-likeness (QED) is 0.360. The van der Waals surface area contributed by atoms with Crippen molar-refractivity contribution < 1.29 is 23.5 Å². The van der Waals surface area contributed by atoms with E-state index < -0.39 is 35.1 Å². The van der Waals surface area contributed by atoms with Gasteiger partial charge in [0.15, 0.2) is 0 Å². The number of aliphatic hydroxyl groups excluding tert-OH is 1. The lowest BCUT2D eigenvalue weighted by Crippen LogP contribution is -2.29. The van der Waals surface area contributed by atoms with Crippen LogP contribution < -0.4 is 4.90 Å². The van der Waals surface area contributed by atoms with Crippen molar-refractivity contribution in [3.63, 3.8) is 0 Å². The highest BCUT2D eigenvalue weighted by Gasteiger charge is 2.47. The third-order valence-corrected chi connectivity index (χ3v) is 5.45. The first-order valence-electron chi connectivity index (χ1n) is 9.68. The molecule has 1 N–H and O–H groups in total. The van der Waals surface area contributed by atoms with Crippen LogP contribution >= 0.6 is 0 Å². The molecule has 3 aromatic carbocycles. The van der Waals surface area contributed by atoms with Crippen LogP contribution in [0.1, 0.15) is 28.3 Å². The Morgan fingerprint density at radius 3 is 2.32 bits per heavy atom. The zero-order valence-electron chi connectivity index (χ0n) is 16.9. The fourth-order valence-corrected chi connectivity index (χ4v) is 3.86. The summed E-state index contributed by atoms with van der Waals surface area (Å²) in [5, 5.41) is 11.0. The Bertz CT molecular complexity index is 1250. The van der Waals surface area contributed by atoms with Gasteiger partial charge in [-0.25, -0.2) is 8.78 Å². The predicted octanol–water partition coefficient (Wildman–Crippen LogP) is 5.21. The molecule has 3 aromatic rings. The number of hydrogen-bond acceptors (Lipinski definition) is 3. The Balaban J connectivity index is 1.99. The second-order valence-electron chi connectivity index (χ2n) is 7.47. The maximum Gasteiger partial charge on any atom is 0.300 e. The Kier molecular flexibility index (Phi) is 5.15. The van der Waals surface area contributed by atoms with E-state index in [0.717, 1.165) is 5.56 Å². The Hall–Kier alpha value is -3.80. The average molecular weight is 419 g/mol. The summed E-state index contributed by atoms with van der Waals surface area (Å²) in [5.41, 5.74) is 1.98. The smallest absolute Gasteiger partial charge is 0.300 e. The summed E-state index contributed by atoms with van der Waals surface area (Å²) in [5.74, 6) is -3.19. The second kappa shape index (κ2) is 7.80. The van der Waals surface area contributed by atoms with Crippen LogP contribution in [0.2, 0.25) is 0 Å². The Labute approximate surface area is 178 Å². The number of halogens is 2. The molecule has 0 bridgehead atoms. The highest BCUT2D eigenvalue weighted by Crippen LogP contribution is 2.43. The molecule has 4 nitrogen and oxygen atoms in total. The zero-order valence-corrected chi connectivity index (χ0v) is 16.9. The van der Waals surface area contributed by atoms with Crippen LogP contribution in [-0.2, 0) is 9.59 Å². The van der Waals surface area contributed by atoms with Gasteiger partial charge in [0.05, 0.1) is 11.6 Å². The highest BCUT2D eigenvalue weighted by molar-refractivity contribution is 6.51. The summed E-state index contributed by atoms with van der Waals surface area (Å²) in [4.78, 5) is 27.3. The Morgan fingerprint density at radius 2 is 1.65 bits per heavy atom. The van der Waals surface area contributed by atoms with E-state index in [1.807, 2.05) is 19.1 Å². The molecule has 1 fully saturated rings. The number of aryl methyl sites for hydroxylation is 2. The van der Waals surface area contributed by atoms with Gasteiger partial charge in [0.2, 0.25) is 0 Å². The fraction of sp³-hybridized carbons (Fsp3) is 0.120. The molecule has 156 valence electrons. The van der Waals surface area contributed by atoms with E-state index >= 15 is 0 Å². The van der Waals surface area contributed by atoms with E-state index in [-0.39, 0.29) is 22.4 Å². The molecule has 1 saturated heterocycles. The van der Waals surface area contributed by atoms with E-state index in [0.29, 0.717) is 5.56 Å². The number of hydrogen-bond donors (Lipinski definition) is 1. The van der Waals surface area contributed by atoms with Crippen molar-refractivity contribution in [1.29, 1.82) is 0 Å². The molecule has 1 amide bonds. The van der Waals surface area contributed by atoms with Crippen molar-refractivity contribution in [2.75, 3.05) is 4.90 Å². The van der Waals surface area contributed by atoms with Crippen LogP contribution in [0.5, 0.6) is 0 Å². The maximum atomic E-state index is 13.9. The van der Waals surface area contributed by atoms with Crippen LogP contribution in [0, 0.1) is 25.5 Å².